The first-order valence-electron chi connectivity index (χ1n) is 6.94. The van der Waals surface area contributed by atoms with E-state index in [0.717, 1.165) is 12.2 Å². The average molecular weight is 283 g/mol. The molecule has 0 unspecified atom stereocenters. The summed E-state index contributed by atoms with van der Waals surface area (Å²) in [6.07, 6.45) is 0. The maximum absolute atomic E-state index is 5.45. The fraction of sp³-hybridized carbons (Fsp3) is 0.600. The molecule has 5 heteroatoms. The number of anilines is 1. The zero-order valence-corrected chi connectivity index (χ0v) is 12.2. The lowest BCUT2D eigenvalue weighted by Gasteiger charge is -2.08. The lowest BCUT2D eigenvalue weighted by molar-refractivity contribution is 0.00495. The van der Waals surface area contributed by atoms with E-state index < -0.39 is 0 Å². The third-order valence-electron chi connectivity index (χ3n) is 2.53. The number of methoxy groups -OCH3 is 1. The number of rotatable bonds is 13. The van der Waals surface area contributed by atoms with Gasteiger partial charge in [0.1, 0.15) is 0 Å². The third kappa shape index (κ3) is 9.75. The molecule has 0 aliphatic carbocycles. The minimum atomic E-state index is 0.593. The lowest BCUT2D eigenvalue weighted by atomic mass is 10.3. The maximum Gasteiger partial charge on any atom is 0.0701 e. The van der Waals surface area contributed by atoms with Crippen LogP contribution < -0.4 is 5.32 Å². The number of hydrogen-bond acceptors (Lipinski definition) is 5. The van der Waals surface area contributed by atoms with Gasteiger partial charge in [-0.1, -0.05) is 18.2 Å². The first-order chi connectivity index (χ1) is 9.93. The Bertz CT molecular complexity index is 308. The molecule has 0 atom stereocenters. The van der Waals surface area contributed by atoms with Crippen molar-refractivity contribution >= 4 is 5.69 Å². The van der Waals surface area contributed by atoms with E-state index in [1.54, 1.807) is 7.11 Å². The predicted molar refractivity (Wildman–Crippen MR) is 79.3 cm³/mol. The predicted octanol–water partition coefficient (Wildman–Crippen LogP) is 1.79. The normalized spacial score (nSPS) is 10.7. The van der Waals surface area contributed by atoms with Crippen molar-refractivity contribution < 1.29 is 18.9 Å². The molecule has 0 radical (unpaired) electrons. The highest BCUT2D eigenvalue weighted by Gasteiger charge is 1.92. The Balaban J connectivity index is 1.77. The molecule has 0 heterocycles. The van der Waals surface area contributed by atoms with Gasteiger partial charge >= 0.3 is 0 Å². The van der Waals surface area contributed by atoms with Crippen molar-refractivity contribution in [2.45, 2.75) is 0 Å². The van der Waals surface area contributed by atoms with Crippen LogP contribution in [0.15, 0.2) is 30.3 Å². The molecule has 0 aliphatic rings. The Labute approximate surface area is 121 Å². The molecule has 1 N–H and O–H groups in total. The lowest BCUT2D eigenvalue weighted by Crippen LogP contribution is -2.14. The van der Waals surface area contributed by atoms with E-state index in [2.05, 4.69) is 5.32 Å². The number of benzene rings is 1. The maximum atomic E-state index is 5.45. The minimum absolute atomic E-state index is 0.593. The van der Waals surface area contributed by atoms with Gasteiger partial charge in [0, 0.05) is 19.3 Å². The van der Waals surface area contributed by atoms with Crippen molar-refractivity contribution in [3.63, 3.8) is 0 Å². The molecule has 0 amide bonds. The van der Waals surface area contributed by atoms with Gasteiger partial charge < -0.3 is 24.3 Å². The second-order valence-electron chi connectivity index (χ2n) is 4.12. The van der Waals surface area contributed by atoms with E-state index in [1.165, 1.54) is 0 Å². The second kappa shape index (κ2) is 12.9. The Kier molecular flexibility index (Phi) is 10.9. The molecule has 0 saturated heterocycles. The number of para-hydroxylation sites is 1. The van der Waals surface area contributed by atoms with Crippen LogP contribution in [0.1, 0.15) is 0 Å². The summed E-state index contributed by atoms with van der Waals surface area (Å²) in [6, 6.07) is 10.1. The molecule has 1 aromatic rings. The van der Waals surface area contributed by atoms with Crippen molar-refractivity contribution in [3.8, 4) is 0 Å². The monoisotopic (exact) mass is 283 g/mol. The van der Waals surface area contributed by atoms with E-state index in [1.807, 2.05) is 30.3 Å². The van der Waals surface area contributed by atoms with Crippen LogP contribution in [-0.4, -0.2) is 59.9 Å². The Morgan fingerprint density at radius 3 is 1.90 bits per heavy atom. The number of hydrogen-bond donors (Lipinski definition) is 1. The fourth-order valence-corrected chi connectivity index (χ4v) is 1.51. The highest BCUT2D eigenvalue weighted by molar-refractivity contribution is 5.42. The molecule has 0 aromatic heterocycles. The summed E-state index contributed by atoms with van der Waals surface area (Å²) in [7, 11) is 1.66. The standard InChI is InChI=1S/C15H25NO4/c1-17-9-10-19-13-14-20-12-11-18-8-7-16-15-5-3-2-4-6-15/h2-6,16H,7-14H2,1H3. The fourth-order valence-electron chi connectivity index (χ4n) is 1.51. The van der Waals surface area contributed by atoms with E-state index in [-0.39, 0.29) is 0 Å². The summed E-state index contributed by atoms with van der Waals surface area (Å²) in [5.74, 6) is 0. The molecule has 1 rings (SSSR count). The highest BCUT2D eigenvalue weighted by atomic mass is 16.6. The number of ether oxygens (including phenoxy) is 4. The van der Waals surface area contributed by atoms with Gasteiger partial charge in [-0.15, -0.1) is 0 Å². The van der Waals surface area contributed by atoms with E-state index >= 15 is 0 Å². The molecule has 0 saturated carbocycles. The van der Waals surface area contributed by atoms with Crippen molar-refractivity contribution in [1.82, 2.24) is 0 Å². The second-order valence-corrected chi connectivity index (χ2v) is 4.12. The van der Waals surface area contributed by atoms with Crippen LogP contribution in [0.3, 0.4) is 0 Å². The van der Waals surface area contributed by atoms with Gasteiger partial charge in [-0.2, -0.15) is 0 Å². The molecule has 0 aliphatic heterocycles. The molecule has 20 heavy (non-hydrogen) atoms. The van der Waals surface area contributed by atoms with Crippen molar-refractivity contribution in [1.29, 1.82) is 0 Å². The first kappa shape index (κ1) is 16.9. The van der Waals surface area contributed by atoms with Gasteiger partial charge in [-0.3, -0.25) is 0 Å². The zero-order chi connectivity index (χ0) is 14.3. The molecule has 1 aromatic carbocycles. The van der Waals surface area contributed by atoms with Crippen LogP contribution in [0, 0.1) is 0 Å². The van der Waals surface area contributed by atoms with Crippen molar-refractivity contribution in [3.05, 3.63) is 30.3 Å². The molecule has 0 spiro atoms. The third-order valence-corrected chi connectivity index (χ3v) is 2.53. The smallest absolute Gasteiger partial charge is 0.0701 e. The zero-order valence-electron chi connectivity index (χ0n) is 12.2. The van der Waals surface area contributed by atoms with Crippen LogP contribution in [0.5, 0.6) is 0 Å². The van der Waals surface area contributed by atoms with Gasteiger partial charge in [0.2, 0.25) is 0 Å². The summed E-state index contributed by atoms with van der Waals surface area (Å²) in [6.45, 7) is 5.09. The molecular formula is C15H25NO4. The molecule has 114 valence electrons. The summed E-state index contributed by atoms with van der Waals surface area (Å²) < 4.78 is 21.0. The summed E-state index contributed by atoms with van der Waals surface area (Å²) >= 11 is 0. The van der Waals surface area contributed by atoms with Gasteiger partial charge in [-0.25, -0.2) is 0 Å². The number of nitrogens with one attached hydrogen (secondary N) is 1. The Morgan fingerprint density at radius 1 is 0.750 bits per heavy atom. The van der Waals surface area contributed by atoms with Crippen LogP contribution in [0.25, 0.3) is 0 Å². The summed E-state index contributed by atoms with van der Waals surface area (Å²) in [5.41, 5.74) is 1.11. The molecule has 0 bridgehead atoms. The van der Waals surface area contributed by atoms with Crippen LogP contribution in [-0.2, 0) is 18.9 Å². The highest BCUT2D eigenvalue weighted by Crippen LogP contribution is 2.03. The summed E-state index contributed by atoms with van der Waals surface area (Å²) in [5, 5.41) is 3.28. The molecule has 0 fully saturated rings. The van der Waals surface area contributed by atoms with Crippen LogP contribution >= 0.6 is 0 Å². The van der Waals surface area contributed by atoms with E-state index in [9.17, 15) is 0 Å². The van der Waals surface area contributed by atoms with Crippen LogP contribution in [0.2, 0.25) is 0 Å². The minimum Gasteiger partial charge on any atom is -0.383 e. The topological polar surface area (TPSA) is 49.0 Å². The first-order valence-corrected chi connectivity index (χ1v) is 6.94. The van der Waals surface area contributed by atoms with Gasteiger partial charge in [0.15, 0.2) is 0 Å². The summed E-state index contributed by atoms with van der Waals surface area (Å²) in [4.78, 5) is 0. The Hall–Kier alpha value is -1.14. The largest absolute Gasteiger partial charge is 0.383 e. The van der Waals surface area contributed by atoms with Gasteiger partial charge in [0.25, 0.3) is 0 Å². The van der Waals surface area contributed by atoms with Crippen molar-refractivity contribution in [2.75, 3.05) is 65.2 Å². The van der Waals surface area contributed by atoms with Gasteiger partial charge in [0.05, 0.1) is 46.2 Å². The van der Waals surface area contributed by atoms with Gasteiger partial charge in [-0.05, 0) is 12.1 Å². The van der Waals surface area contributed by atoms with Crippen molar-refractivity contribution in [2.24, 2.45) is 0 Å². The quantitative estimate of drug-likeness (QED) is 0.559. The molecular weight excluding hydrogens is 258 g/mol. The SMILES string of the molecule is COCCOCCOCCOCCNc1ccccc1. The van der Waals surface area contributed by atoms with E-state index in [0.29, 0.717) is 46.2 Å². The van der Waals surface area contributed by atoms with Crippen LogP contribution in [0.4, 0.5) is 5.69 Å². The van der Waals surface area contributed by atoms with E-state index in [4.69, 9.17) is 18.9 Å². The average Bonchev–Trinajstić information content (AvgIpc) is 2.49. The molecule has 5 nitrogen and oxygen atoms in total. The Morgan fingerprint density at radius 2 is 1.30 bits per heavy atom.